The summed E-state index contributed by atoms with van der Waals surface area (Å²) in [6, 6.07) is 19.8. The molecule has 2 aromatic carbocycles. The van der Waals surface area contributed by atoms with Crippen LogP contribution in [0.3, 0.4) is 0 Å². The van der Waals surface area contributed by atoms with Gasteiger partial charge in [-0.2, -0.15) is 5.21 Å². The molecular formula is C24H23N5O3. The number of methoxy groups -OCH3 is 1. The second kappa shape index (κ2) is 9.74. The van der Waals surface area contributed by atoms with Gasteiger partial charge in [-0.3, -0.25) is 4.79 Å². The zero-order chi connectivity index (χ0) is 22.3. The summed E-state index contributed by atoms with van der Waals surface area (Å²) in [5.74, 6) is 0.0588. The molecule has 2 heterocycles. The number of hydrogen-bond donors (Lipinski definition) is 2. The number of aromatic nitrogens is 5. The Bertz CT molecular complexity index is 1200. The number of aryl methyl sites for hydroxylation is 2. The number of H-pyrrole nitrogens is 1. The Morgan fingerprint density at radius 1 is 1.06 bits per heavy atom. The van der Waals surface area contributed by atoms with E-state index in [1.54, 1.807) is 7.11 Å². The molecule has 32 heavy (non-hydrogen) atoms. The summed E-state index contributed by atoms with van der Waals surface area (Å²) in [5.41, 5.74) is 3.77. The number of nitrogens with zero attached hydrogens (tertiary/aromatic N) is 4. The molecular weight excluding hydrogens is 406 g/mol. The van der Waals surface area contributed by atoms with Gasteiger partial charge in [0.15, 0.2) is 5.76 Å². The fourth-order valence-electron chi connectivity index (χ4n) is 3.44. The van der Waals surface area contributed by atoms with Crippen LogP contribution in [0.4, 0.5) is 0 Å². The van der Waals surface area contributed by atoms with E-state index in [1.165, 1.54) is 5.56 Å². The summed E-state index contributed by atoms with van der Waals surface area (Å²) >= 11 is 0. The summed E-state index contributed by atoms with van der Waals surface area (Å²) in [6.07, 6.45) is 4.76. The van der Waals surface area contributed by atoms with E-state index in [-0.39, 0.29) is 17.4 Å². The van der Waals surface area contributed by atoms with E-state index in [9.17, 15) is 9.90 Å². The van der Waals surface area contributed by atoms with Crippen LogP contribution < -0.4 is 4.74 Å². The van der Waals surface area contributed by atoms with E-state index in [2.05, 4.69) is 32.8 Å². The fraction of sp³-hybridized carbons (Fsp3) is 0.167. The number of benzene rings is 2. The number of aromatic amines is 1. The molecule has 0 radical (unpaired) electrons. The zero-order valence-corrected chi connectivity index (χ0v) is 17.6. The first-order valence-electron chi connectivity index (χ1n) is 10.2. The van der Waals surface area contributed by atoms with Gasteiger partial charge in [-0.1, -0.05) is 42.5 Å². The molecule has 0 unspecified atom stereocenters. The van der Waals surface area contributed by atoms with Crippen molar-refractivity contribution in [2.24, 2.45) is 0 Å². The quantitative estimate of drug-likeness (QED) is 0.239. The van der Waals surface area contributed by atoms with Crippen LogP contribution in [-0.4, -0.2) is 43.2 Å². The van der Waals surface area contributed by atoms with Gasteiger partial charge in [0.25, 0.3) is 0 Å². The summed E-state index contributed by atoms with van der Waals surface area (Å²) in [7, 11) is 1.62. The van der Waals surface area contributed by atoms with Crippen LogP contribution in [-0.2, 0) is 19.4 Å². The third kappa shape index (κ3) is 5.10. The van der Waals surface area contributed by atoms with E-state index in [4.69, 9.17) is 4.74 Å². The highest BCUT2D eigenvalue weighted by atomic mass is 16.5. The summed E-state index contributed by atoms with van der Waals surface area (Å²) in [4.78, 5) is 13.0. The minimum Gasteiger partial charge on any atom is -0.504 e. The molecule has 0 saturated carbocycles. The molecule has 2 N–H and O–H groups in total. The lowest BCUT2D eigenvalue weighted by molar-refractivity contribution is 0.103. The number of aliphatic hydroxyl groups is 1. The molecule has 0 fully saturated rings. The van der Waals surface area contributed by atoms with Gasteiger partial charge < -0.3 is 14.4 Å². The van der Waals surface area contributed by atoms with Crippen molar-refractivity contribution in [3.63, 3.8) is 0 Å². The van der Waals surface area contributed by atoms with Crippen LogP contribution in [0.15, 0.2) is 72.9 Å². The largest absolute Gasteiger partial charge is 0.504 e. The first kappa shape index (κ1) is 21.0. The Morgan fingerprint density at radius 3 is 2.50 bits per heavy atom. The van der Waals surface area contributed by atoms with Crippen LogP contribution >= 0.6 is 0 Å². The molecule has 0 aliphatic heterocycles. The number of ether oxygens (including phenoxy) is 1. The Morgan fingerprint density at radius 2 is 1.81 bits per heavy atom. The summed E-state index contributed by atoms with van der Waals surface area (Å²) < 4.78 is 7.12. The van der Waals surface area contributed by atoms with Crippen LogP contribution in [0.25, 0.3) is 5.76 Å². The van der Waals surface area contributed by atoms with E-state index >= 15 is 0 Å². The Balaban J connectivity index is 1.60. The van der Waals surface area contributed by atoms with Crippen molar-refractivity contribution in [3.8, 4) is 5.75 Å². The third-order valence-electron chi connectivity index (χ3n) is 5.11. The molecule has 0 aliphatic carbocycles. The minimum absolute atomic E-state index is 0.0316. The number of nitrogens with one attached hydrogen (secondary N) is 1. The number of aliphatic hydroxyl groups excluding tert-OH is 1. The van der Waals surface area contributed by atoms with Crippen LogP contribution in [0, 0.1) is 0 Å². The van der Waals surface area contributed by atoms with Gasteiger partial charge in [-0.25, -0.2) is 0 Å². The van der Waals surface area contributed by atoms with Crippen molar-refractivity contribution < 1.29 is 14.6 Å². The van der Waals surface area contributed by atoms with Crippen molar-refractivity contribution in [1.82, 2.24) is 25.2 Å². The lowest BCUT2D eigenvalue weighted by atomic mass is 10.1. The molecule has 8 nitrogen and oxygen atoms in total. The van der Waals surface area contributed by atoms with E-state index in [1.807, 2.05) is 59.3 Å². The number of carbonyl (C=O) groups excluding carboxylic acids is 1. The highest BCUT2D eigenvalue weighted by molar-refractivity contribution is 6.06. The molecule has 0 bridgehead atoms. The smallest absolute Gasteiger partial charge is 0.239 e. The van der Waals surface area contributed by atoms with Crippen molar-refractivity contribution in [3.05, 3.63) is 101 Å². The van der Waals surface area contributed by atoms with Gasteiger partial charge in [0.1, 0.15) is 5.75 Å². The highest BCUT2D eigenvalue weighted by Gasteiger charge is 2.15. The van der Waals surface area contributed by atoms with E-state index in [0.29, 0.717) is 12.2 Å². The maximum absolute atomic E-state index is 13.0. The Hall–Kier alpha value is -4.20. The van der Waals surface area contributed by atoms with Gasteiger partial charge in [-0.05, 0) is 52.9 Å². The number of allylic oxidation sites excluding steroid dienone is 1. The number of tetrazole rings is 1. The first-order valence-corrected chi connectivity index (χ1v) is 10.2. The van der Waals surface area contributed by atoms with Crippen molar-refractivity contribution in [1.29, 1.82) is 0 Å². The fourth-order valence-corrected chi connectivity index (χ4v) is 3.44. The average Bonchev–Trinajstić information content (AvgIpc) is 3.49. The second-order valence-electron chi connectivity index (χ2n) is 7.32. The molecule has 0 saturated heterocycles. The van der Waals surface area contributed by atoms with E-state index < -0.39 is 0 Å². The second-order valence-corrected chi connectivity index (χ2v) is 7.32. The molecule has 2 aromatic heterocycles. The van der Waals surface area contributed by atoms with Crippen LogP contribution in [0.1, 0.15) is 33.0 Å². The maximum atomic E-state index is 13.0. The predicted molar refractivity (Wildman–Crippen MR) is 119 cm³/mol. The first-order chi connectivity index (χ1) is 15.6. The topological polar surface area (TPSA) is 106 Å². The average molecular weight is 429 g/mol. The molecule has 4 aromatic rings. The van der Waals surface area contributed by atoms with Gasteiger partial charge in [0.05, 0.1) is 12.8 Å². The van der Waals surface area contributed by atoms with Gasteiger partial charge >= 0.3 is 0 Å². The predicted octanol–water partition coefficient (Wildman–Crippen LogP) is 3.63. The van der Waals surface area contributed by atoms with Crippen molar-refractivity contribution in [2.45, 2.75) is 19.4 Å². The molecule has 0 amide bonds. The van der Waals surface area contributed by atoms with Crippen LogP contribution in [0.2, 0.25) is 0 Å². The monoisotopic (exact) mass is 429 g/mol. The van der Waals surface area contributed by atoms with E-state index in [0.717, 1.165) is 35.8 Å². The minimum atomic E-state index is -0.341. The van der Waals surface area contributed by atoms with Crippen LogP contribution in [0.5, 0.6) is 5.75 Å². The molecule has 0 atom stereocenters. The summed E-state index contributed by atoms with van der Waals surface area (Å²) in [5, 5.41) is 23.2. The van der Waals surface area contributed by atoms with Gasteiger partial charge in [-0.15, -0.1) is 10.2 Å². The molecule has 0 spiro atoms. The lowest BCUT2D eigenvalue weighted by Gasteiger charge is -2.08. The number of carbonyl (C=O) groups is 1. The number of hydrogen-bond acceptors (Lipinski definition) is 6. The lowest BCUT2D eigenvalue weighted by Crippen LogP contribution is -2.08. The third-order valence-corrected chi connectivity index (χ3v) is 5.11. The Labute approximate surface area is 185 Å². The molecule has 162 valence electrons. The molecule has 8 heteroatoms. The zero-order valence-electron chi connectivity index (χ0n) is 17.6. The normalized spacial score (nSPS) is 11.5. The van der Waals surface area contributed by atoms with Crippen molar-refractivity contribution >= 4 is 11.5 Å². The maximum Gasteiger partial charge on any atom is 0.239 e. The standard InChI is InChI=1S/C24H23N5O3/c1-32-20-11-9-18(10-12-20)15-29-16-19(8-7-17-5-3-2-4-6-17)13-21(29)22(30)14-23(31)24-25-27-28-26-24/h2-6,9-14,16,31H,7-8,15H2,1H3,(H,25,26,27,28). The SMILES string of the molecule is COc1ccc(Cn2cc(CCc3ccccc3)cc2C(=O)C=C(O)c2nn[nH]n2)cc1. The van der Waals surface area contributed by atoms with Gasteiger partial charge in [0.2, 0.25) is 11.6 Å². The highest BCUT2D eigenvalue weighted by Crippen LogP contribution is 2.18. The number of ketones is 1. The number of rotatable bonds is 9. The van der Waals surface area contributed by atoms with Gasteiger partial charge in [0, 0.05) is 18.8 Å². The Kier molecular flexibility index (Phi) is 6.41. The molecule has 4 rings (SSSR count). The summed E-state index contributed by atoms with van der Waals surface area (Å²) in [6.45, 7) is 0.507. The molecule has 0 aliphatic rings. The van der Waals surface area contributed by atoms with Crippen molar-refractivity contribution in [2.75, 3.05) is 7.11 Å².